The molecule has 1 heterocycles. The Bertz CT molecular complexity index is 596. The summed E-state index contributed by atoms with van der Waals surface area (Å²) in [5, 5.41) is 3.40. The van der Waals surface area contributed by atoms with Crippen LogP contribution >= 0.6 is 0 Å². The normalized spacial score (nSPS) is 15.5. The van der Waals surface area contributed by atoms with Gasteiger partial charge in [-0.1, -0.05) is 12.1 Å². The lowest BCUT2D eigenvalue weighted by molar-refractivity contribution is -0.149. The number of piperidine rings is 1. The molecule has 1 aliphatic rings. The number of nitrogens with zero attached hydrogens (tertiary/aromatic N) is 2. The summed E-state index contributed by atoms with van der Waals surface area (Å²) in [5.41, 5.74) is 1.15. The summed E-state index contributed by atoms with van der Waals surface area (Å²) in [5.74, 6) is 1.62. The Morgan fingerprint density at radius 3 is 2.52 bits per heavy atom. The topological polar surface area (TPSA) is 72.4 Å². The number of carbonyl (C=O) groups excluding carboxylic acids is 1. The maximum absolute atomic E-state index is 11.9. The second kappa shape index (κ2) is 11.4. The van der Waals surface area contributed by atoms with E-state index in [1.54, 1.807) is 14.2 Å². The minimum atomic E-state index is -0.0760. The number of carbonyl (C=O) groups is 1. The number of aliphatic imine (C=N–C) groups is 1. The van der Waals surface area contributed by atoms with Crippen LogP contribution in [0.25, 0.3) is 0 Å². The van der Waals surface area contributed by atoms with E-state index in [0.29, 0.717) is 26.4 Å². The zero-order valence-corrected chi connectivity index (χ0v) is 16.6. The van der Waals surface area contributed by atoms with E-state index in [2.05, 4.69) is 15.2 Å². The highest BCUT2D eigenvalue weighted by Gasteiger charge is 2.27. The highest BCUT2D eigenvalue weighted by molar-refractivity contribution is 5.80. The van der Waals surface area contributed by atoms with Gasteiger partial charge in [-0.15, -0.1) is 0 Å². The van der Waals surface area contributed by atoms with Crippen LogP contribution in [0.3, 0.4) is 0 Å². The Morgan fingerprint density at radius 1 is 1.22 bits per heavy atom. The zero-order chi connectivity index (χ0) is 19.5. The summed E-state index contributed by atoms with van der Waals surface area (Å²) in [6.45, 7) is 5.69. The molecule has 0 aromatic heterocycles. The van der Waals surface area contributed by atoms with Gasteiger partial charge in [0.15, 0.2) is 5.96 Å². The molecule has 0 bridgehead atoms. The van der Waals surface area contributed by atoms with Crippen molar-refractivity contribution in [3.05, 3.63) is 29.8 Å². The van der Waals surface area contributed by atoms with Gasteiger partial charge in [0.05, 0.1) is 19.1 Å². The molecule has 0 saturated carbocycles. The van der Waals surface area contributed by atoms with Gasteiger partial charge in [-0.3, -0.25) is 9.79 Å². The number of esters is 1. The number of guanidine groups is 1. The van der Waals surface area contributed by atoms with Crippen molar-refractivity contribution in [2.45, 2.75) is 26.3 Å². The number of nitrogens with one attached hydrogen (secondary N) is 1. The van der Waals surface area contributed by atoms with Crippen molar-refractivity contribution in [2.24, 2.45) is 10.9 Å². The highest BCUT2D eigenvalue weighted by atomic mass is 16.5. The Balaban J connectivity index is 1.78. The van der Waals surface area contributed by atoms with Gasteiger partial charge in [0, 0.05) is 33.8 Å². The number of benzene rings is 1. The van der Waals surface area contributed by atoms with Crippen LogP contribution in [0.15, 0.2) is 29.3 Å². The van der Waals surface area contributed by atoms with Crippen molar-refractivity contribution in [1.82, 2.24) is 10.2 Å². The van der Waals surface area contributed by atoms with Gasteiger partial charge in [0.1, 0.15) is 12.4 Å². The average Bonchev–Trinajstić information content (AvgIpc) is 2.70. The van der Waals surface area contributed by atoms with Crippen LogP contribution in [0.2, 0.25) is 0 Å². The van der Waals surface area contributed by atoms with Gasteiger partial charge in [0.25, 0.3) is 0 Å². The Kier molecular flexibility index (Phi) is 8.91. The molecule has 1 aromatic rings. The number of hydrogen-bond donors (Lipinski definition) is 1. The molecule has 0 aliphatic carbocycles. The van der Waals surface area contributed by atoms with Crippen LogP contribution in [-0.2, 0) is 20.8 Å². The molecule has 7 nitrogen and oxygen atoms in total. The fraction of sp³-hybridized carbons (Fsp3) is 0.600. The SMILES string of the molecule is CCOC(=O)C1CCN(C(=NC)NCc2ccc(OCCOC)cc2)CC1. The number of methoxy groups -OCH3 is 1. The molecule has 1 fully saturated rings. The van der Waals surface area contributed by atoms with Crippen molar-refractivity contribution in [3.8, 4) is 5.75 Å². The van der Waals surface area contributed by atoms with Crippen molar-refractivity contribution < 1.29 is 19.0 Å². The molecule has 0 radical (unpaired) electrons. The molecule has 1 N–H and O–H groups in total. The van der Waals surface area contributed by atoms with E-state index < -0.39 is 0 Å². The van der Waals surface area contributed by atoms with E-state index in [1.807, 2.05) is 31.2 Å². The lowest BCUT2D eigenvalue weighted by atomic mass is 9.97. The third-order valence-electron chi connectivity index (χ3n) is 4.56. The van der Waals surface area contributed by atoms with Crippen LogP contribution in [0.4, 0.5) is 0 Å². The number of hydrogen-bond acceptors (Lipinski definition) is 5. The van der Waals surface area contributed by atoms with Gasteiger partial charge < -0.3 is 24.4 Å². The van der Waals surface area contributed by atoms with Crippen molar-refractivity contribution in [1.29, 1.82) is 0 Å². The van der Waals surface area contributed by atoms with Gasteiger partial charge in [-0.25, -0.2) is 0 Å². The summed E-state index contributed by atoms with van der Waals surface area (Å²) in [7, 11) is 3.44. The fourth-order valence-electron chi connectivity index (χ4n) is 3.05. The third-order valence-corrected chi connectivity index (χ3v) is 4.56. The smallest absolute Gasteiger partial charge is 0.309 e. The van der Waals surface area contributed by atoms with Crippen molar-refractivity contribution in [2.75, 3.05) is 47.1 Å². The molecule has 2 rings (SSSR count). The summed E-state index contributed by atoms with van der Waals surface area (Å²) < 4.78 is 15.7. The Labute approximate surface area is 161 Å². The van der Waals surface area contributed by atoms with E-state index in [0.717, 1.165) is 43.2 Å². The molecule has 1 aliphatic heterocycles. The first-order chi connectivity index (χ1) is 13.2. The van der Waals surface area contributed by atoms with Gasteiger partial charge in [0.2, 0.25) is 0 Å². The number of rotatable bonds is 8. The third kappa shape index (κ3) is 6.75. The second-order valence-corrected chi connectivity index (χ2v) is 6.40. The maximum Gasteiger partial charge on any atom is 0.309 e. The molecule has 0 atom stereocenters. The van der Waals surface area contributed by atoms with Crippen LogP contribution < -0.4 is 10.1 Å². The van der Waals surface area contributed by atoms with Crippen LogP contribution in [0, 0.1) is 5.92 Å². The zero-order valence-electron chi connectivity index (χ0n) is 16.6. The number of likely N-dealkylation sites (tertiary alicyclic amines) is 1. The fourth-order valence-corrected chi connectivity index (χ4v) is 3.05. The summed E-state index contributed by atoms with van der Waals surface area (Å²) >= 11 is 0. The summed E-state index contributed by atoms with van der Waals surface area (Å²) in [6.07, 6.45) is 1.60. The molecule has 0 amide bonds. The molecular formula is C20H31N3O4. The lowest BCUT2D eigenvalue weighted by Gasteiger charge is -2.33. The van der Waals surface area contributed by atoms with Crippen LogP contribution in [-0.4, -0.2) is 63.9 Å². The minimum Gasteiger partial charge on any atom is -0.491 e. The first-order valence-corrected chi connectivity index (χ1v) is 9.50. The molecule has 0 unspecified atom stereocenters. The first kappa shape index (κ1) is 21.0. The average molecular weight is 377 g/mol. The lowest BCUT2D eigenvalue weighted by Crippen LogP contribution is -2.46. The van der Waals surface area contributed by atoms with Gasteiger partial charge >= 0.3 is 5.97 Å². The highest BCUT2D eigenvalue weighted by Crippen LogP contribution is 2.19. The van der Waals surface area contributed by atoms with E-state index in [4.69, 9.17) is 14.2 Å². The van der Waals surface area contributed by atoms with E-state index in [1.165, 1.54) is 0 Å². The molecular weight excluding hydrogens is 346 g/mol. The second-order valence-electron chi connectivity index (χ2n) is 6.40. The molecule has 150 valence electrons. The first-order valence-electron chi connectivity index (χ1n) is 9.50. The molecule has 0 spiro atoms. The standard InChI is InChI=1S/C20H31N3O4/c1-4-26-19(24)17-9-11-23(12-10-17)20(21-2)22-15-16-5-7-18(8-6-16)27-14-13-25-3/h5-8,17H,4,9-15H2,1-3H3,(H,21,22). The summed E-state index contributed by atoms with van der Waals surface area (Å²) in [6, 6.07) is 7.99. The minimum absolute atomic E-state index is 0.00459. The number of ether oxygens (including phenoxy) is 3. The Hall–Kier alpha value is -2.28. The van der Waals surface area contributed by atoms with Crippen LogP contribution in [0.5, 0.6) is 5.75 Å². The molecule has 27 heavy (non-hydrogen) atoms. The van der Waals surface area contributed by atoms with Gasteiger partial charge in [-0.2, -0.15) is 0 Å². The van der Waals surface area contributed by atoms with E-state index in [-0.39, 0.29) is 11.9 Å². The largest absolute Gasteiger partial charge is 0.491 e. The van der Waals surface area contributed by atoms with Crippen molar-refractivity contribution in [3.63, 3.8) is 0 Å². The van der Waals surface area contributed by atoms with Crippen LogP contribution in [0.1, 0.15) is 25.3 Å². The Morgan fingerprint density at radius 2 is 1.93 bits per heavy atom. The van der Waals surface area contributed by atoms with Crippen molar-refractivity contribution >= 4 is 11.9 Å². The van der Waals surface area contributed by atoms with Gasteiger partial charge in [-0.05, 0) is 37.5 Å². The van der Waals surface area contributed by atoms with E-state index in [9.17, 15) is 4.79 Å². The predicted octanol–water partition coefficient (Wildman–Crippen LogP) is 2.06. The monoisotopic (exact) mass is 377 g/mol. The molecule has 1 aromatic carbocycles. The quantitative estimate of drug-likeness (QED) is 0.324. The predicted molar refractivity (Wildman–Crippen MR) is 105 cm³/mol. The maximum atomic E-state index is 11.9. The summed E-state index contributed by atoms with van der Waals surface area (Å²) in [4.78, 5) is 18.4. The van der Waals surface area contributed by atoms with E-state index >= 15 is 0 Å². The molecule has 7 heteroatoms. The molecule has 1 saturated heterocycles.